The molecule has 1 heterocycles. The van der Waals surface area contributed by atoms with Crippen molar-refractivity contribution in [2.75, 3.05) is 17.2 Å². The molecule has 0 aromatic carbocycles. The molecule has 108 valence electrons. The molecular formula is C15H28N4. The molecule has 2 atom stereocenters. The first-order valence-electron chi connectivity index (χ1n) is 7.40. The van der Waals surface area contributed by atoms with Crippen molar-refractivity contribution in [3.05, 3.63) is 11.9 Å². The standard InChI is InChI=1S/C15H28N4/c1-6-8-16-14-13(5)15(18-10-17-14)19-12(4)9-11(3)7-2/h10-12H,6-9H2,1-5H3,(H2,16,17,18,19). The largest absolute Gasteiger partial charge is 0.370 e. The van der Waals surface area contributed by atoms with E-state index in [-0.39, 0.29) is 0 Å². The van der Waals surface area contributed by atoms with Crippen LogP contribution < -0.4 is 10.6 Å². The molecule has 0 bridgehead atoms. The van der Waals surface area contributed by atoms with Crippen LogP contribution in [0.5, 0.6) is 0 Å². The molecular weight excluding hydrogens is 236 g/mol. The van der Waals surface area contributed by atoms with E-state index in [1.54, 1.807) is 6.33 Å². The molecule has 0 aliphatic heterocycles. The maximum atomic E-state index is 4.36. The van der Waals surface area contributed by atoms with Crippen LogP contribution >= 0.6 is 0 Å². The minimum Gasteiger partial charge on any atom is -0.370 e. The van der Waals surface area contributed by atoms with Crippen molar-refractivity contribution in [3.63, 3.8) is 0 Å². The van der Waals surface area contributed by atoms with Crippen molar-refractivity contribution in [1.82, 2.24) is 9.97 Å². The molecule has 0 saturated carbocycles. The van der Waals surface area contributed by atoms with Gasteiger partial charge in [-0.2, -0.15) is 0 Å². The van der Waals surface area contributed by atoms with Crippen LogP contribution in [0.1, 0.15) is 52.5 Å². The van der Waals surface area contributed by atoms with Gasteiger partial charge in [0.15, 0.2) is 0 Å². The summed E-state index contributed by atoms with van der Waals surface area (Å²) < 4.78 is 0. The van der Waals surface area contributed by atoms with Crippen LogP contribution in [0.3, 0.4) is 0 Å². The number of rotatable bonds is 8. The highest BCUT2D eigenvalue weighted by molar-refractivity contribution is 5.56. The molecule has 2 unspecified atom stereocenters. The summed E-state index contributed by atoms with van der Waals surface area (Å²) in [5, 5.41) is 6.84. The molecule has 0 fully saturated rings. The third-order valence-electron chi connectivity index (χ3n) is 3.46. The van der Waals surface area contributed by atoms with Crippen molar-refractivity contribution in [3.8, 4) is 0 Å². The molecule has 0 radical (unpaired) electrons. The first kappa shape index (κ1) is 15.7. The predicted octanol–water partition coefficient (Wildman–Crippen LogP) is 3.84. The van der Waals surface area contributed by atoms with Gasteiger partial charge in [-0.1, -0.05) is 27.2 Å². The smallest absolute Gasteiger partial charge is 0.134 e. The van der Waals surface area contributed by atoms with Crippen LogP contribution in [0.25, 0.3) is 0 Å². The van der Waals surface area contributed by atoms with Gasteiger partial charge in [0, 0.05) is 18.2 Å². The maximum Gasteiger partial charge on any atom is 0.134 e. The van der Waals surface area contributed by atoms with E-state index in [2.05, 4.69) is 55.2 Å². The summed E-state index contributed by atoms with van der Waals surface area (Å²) in [5.41, 5.74) is 1.10. The van der Waals surface area contributed by atoms with Crippen LogP contribution in [0.4, 0.5) is 11.6 Å². The third kappa shape index (κ3) is 5.05. The van der Waals surface area contributed by atoms with Crippen molar-refractivity contribution in [2.24, 2.45) is 5.92 Å². The lowest BCUT2D eigenvalue weighted by Crippen LogP contribution is -2.20. The fourth-order valence-corrected chi connectivity index (χ4v) is 2.08. The molecule has 1 aromatic heterocycles. The molecule has 0 aliphatic carbocycles. The SMILES string of the molecule is CCCNc1ncnc(NC(C)CC(C)CC)c1C. The van der Waals surface area contributed by atoms with E-state index in [1.165, 1.54) is 6.42 Å². The Morgan fingerprint density at radius 1 is 1.16 bits per heavy atom. The summed E-state index contributed by atoms with van der Waals surface area (Å²) in [6.45, 7) is 11.9. The first-order chi connectivity index (χ1) is 9.08. The average molecular weight is 264 g/mol. The van der Waals surface area contributed by atoms with E-state index < -0.39 is 0 Å². The molecule has 4 nitrogen and oxygen atoms in total. The zero-order valence-electron chi connectivity index (χ0n) is 13.0. The normalized spacial score (nSPS) is 13.9. The van der Waals surface area contributed by atoms with E-state index in [4.69, 9.17) is 0 Å². The topological polar surface area (TPSA) is 49.8 Å². The Kier molecular flexibility index (Phi) is 6.60. The van der Waals surface area contributed by atoms with E-state index in [1.807, 2.05) is 0 Å². The Morgan fingerprint density at radius 3 is 2.47 bits per heavy atom. The first-order valence-corrected chi connectivity index (χ1v) is 7.40. The molecule has 0 spiro atoms. The van der Waals surface area contributed by atoms with E-state index >= 15 is 0 Å². The molecule has 2 N–H and O–H groups in total. The minimum atomic E-state index is 0.433. The average Bonchev–Trinajstić information content (AvgIpc) is 2.39. The number of hydrogen-bond acceptors (Lipinski definition) is 4. The summed E-state index contributed by atoms with van der Waals surface area (Å²) >= 11 is 0. The van der Waals surface area contributed by atoms with Gasteiger partial charge in [-0.15, -0.1) is 0 Å². The number of aromatic nitrogens is 2. The summed E-state index contributed by atoms with van der Waals surface area (Å²) in [4.78, 5) is 8.66. The van der Waals surface area contributed by atoms with Crippen LogP contribution in [0.2, 0.25) is 0 Å². The van der Waals surface area contributed by atoms with Gasteiger partial charge < -0.3 is 10.6 Å². The quantitative estimate of drug-likeness (QED) is 0.749. The molecule has 0 saturated heterocycles. The molecule has 19 heavy (non-hydrogen) atoms. The zero-order chi connectivity index (χ0) is 14.3. The second-order valence-corrected chi connectivity index (χ2v) is 5.42. The Bertz CT molecular complexity index is 378. The lowest BCUT2D eigenvalue weighted by molar-refractivity contribution is 0.483. The fraction of sp³-hybridized carbons (Fsp3) is 0.733. The molecule has 4 heteroatoms. The monoisotopic (exact) mass is 264 g/mol. The summed E-state index contributed by atoms with van der Waals surface area (Å²) in [7, 11) is 0. The highest BCUT2D eigenvalue weighted by Gasteiger charge is 2.11. The molecule has 0 aliphatic rings. The van der Waals surface area contributed by atoms with Crippen molar-refractivity contribution < 1.29 is 0 Å². The van der Waals surface area contributed by atoms with Gasteiger partial charge in [-0.3, -0.25) is 0 Å². The van der Waals surface area contributed by atoms with Crippen LogP contribution in [-0.4, -0.2) is 22.6 Å². The number of hydrogen-bond donors (Lipinski definition) is 2. The van der Waals surface area contributed by atoms with Gasteiger partial charge in [0.2, 0.25) is 0 Å². The van der Waals surface area contributed by atoms with Crippen molar-refractivity contribution in [2.45, 2.75) is 59.9 Å². The molecule has 1 aromatic rings. The Labute approximate surface area is 117 Å². The third-order valence-corrected chi connectivity index (χ3v) is 3.46. The number of anilines is 2. The highest BCUT2D eigenvalue weighted by atomic mass is 15.1. The van der Waals surface area contributed by atoms with Gasteiger partial charge in [0.25, 0.3) is 0 Å². The second kappa shape index (κ2) is 7.97. The van der Waals surface area contributed by atoms with E-state index in [0.29, 0.717) is 6.04 Å². The summed E-state index contributed by atoms with van der Waals surface area (Å²) in [6, 6.07) is 0.433. The van der Waals surface area contributed by atoms with Gasteiger partial charge in [-0.05, 0) is 32.6 Å². The lowest BCUT2D eigenvalue weighted by atomic mass is 10.0. The minimum absolute atomic E-state index is 0.433. The Balaban J connectivity index is 2.67. The summed E-state index contributed by atoms with van der Waals surface area (Å²) in [5.74, 6) is 2.63. The zero-order valence-corrected chi connectivity index (χ0v) is 13.0. The molecule has 1 rings (SSSR count). The lowest BCUT2D eigenvalue weighted by Gasteiger charge is -2.20. The fourth-order valence-electron chi connectivity index (χ4n) is 2.08. The predicted molar refractivity (Wildman–Crippen MR) is 82.7 cm³/mol. The van der Waals surface area contributed by atoms with Crippen LogP contribution in [-0.2, 0) is 0 Å². The van der Waals surface area contributed by atoms with E-state index in [0.717, 1.165) is 42.5 Å². The highest BCUT2D eigenvalue weighted by Crippen LogP contribution is 2.20. The van der Waals surface area contributed by atoms with Gasteiger partial charge >= 0.3 is 0 Å². The maximum absolute atomic E-state index is 4.36. The van der Waals surface area contributed by atoms with Crippen LogP contribution in [0, 0.1) is 12.8 Å². The Morgan fingerprint density at radius 2 is 1.84 bits per heavy atom. The second-order valence-electron chi connectivity index (χ2n) is 5.42. The Hall–Kier alpha value is -1.32. The number of nitrogens with zero attached hydrogens (tertiary/aromatic N) is 2. The van der Waals surface area contributed by atoms with Gasteiger partial charge in [0.05, 0.1) is 0 Å². The van der Waals surface area contributed by atoms with Gasteiger partial charge in [0.1, 0.15) is 18.0 Å². The van der Waals surface area contributed by atoms with Crippen LogP contribution in [0.15, 0.2) is 6.33 Å². The van der Waals surface area contributed by atoms with Gasteiger partial charge in [-0.25, -0.2) is 9.97 Å². The van der Waals surface area contributed by atoms with Crippen molar-refractivity contribution in [1.29, 1.82) is 0 Å². The molecule has 0 amide bonds. The number of nitrogens with one attached hydrogen (secondary N) is 2. The van der Waals surface area contributed by atoms with E-state index in [9.17, 15) is 0 Å². The summed E-state index contributed by atoms with van der Waals surface area (Å²) in [6.07, 6.45) is 5.11. The van der Waals surface area contributed by atoms with Crippen molar-refractivity contribution >= 4 is 11.6 Å².